The van der Waals surface area contributed by atoms with E-state index < -0.39 is 114 Å². The second-order valence-corrected chi connectivity index (χ2v) is 16.2. The first-order valence-electron chi connectivity index (χ1n) is 19.3. The number of ether oxygens (including phenoxy) is 6. The average molecular weight is 788 g/mol. The number of hydrogen-bond acceptors (Lipinski definition) is 16. The van der Waals surface area contributed by atoms with E-state index in [0.717, 1.165) is 12.1 Å². The number of phenols is 3. The van der Waals surface area contributed by atoms with E-state index in [-0.39, 0.29) is 60.4 Å². The number of ketones is 2. The van der Waals surface area contributed by atoms with Crippen molar-refractivity contribution in [3.05, 3.63) is 51.6 Å². The molecule has 3 fully saturated rings. The van der Waals surface area contributed by atoms with Crippen LogP contribution in [0.15, 0.2) is 18.2 Å². The standard InChI is InChI=1S/C40H53NO15/c1-7-40(50)14-19-10-20-31(37(49)33-23(43)9-8-22(42)32(33)35(20)47)36(48)30(19)26(15-40)54-27-11-21(41(5)6)38(17(3)52-27)55-29-13-25(45)39(18(4)53-29)56-28-12-24(44)34(46)16(2)51-28/h8-10,16-18,21,24-29,34,38-39,42-46,48,50H,7,11-15H2,1-6H3/t16-,17-,18-,21-,24-,25-,26-,27-,28-,29-,34+,38+,39+,40-/m0/s1. The molecular formula is C40H53NO15. The lowest BCUT2D eigenvalue weighted by Gasteiger charge is -2.47. The first kappa shape index (κ1) is 40.9. The minimum absolute atomic E-state index is 0.0420. The summed E-state index contributed by atoms with van der Waals surface area (Å²) in [5.74, 6) is -3.05. The normalized spacial score (nSPS) is 38.6. The van der Waals surface area contributed by atoms with Gasteiger partial charge in [0.05, 0.1) is 58.9 Å². The van der Waals surface area contributed by atoms with Crippen LogP contribution in [-0.4, -0.2) is 146 Å². The molecule has 3 saturated heterocycles. The van der Waals surface area contributed by atoms with Crippen LogP contribution in [0.1, 0.15) is 109 Å². The lowest BCUT2D eigenvalue weighted by atomic mass is 9.73. The largest absolute Gasteiger partial charge is 0.507 e. The maximum absolute atomic E-state index is 13.8. The minimum atomic E-state index is -1.29. The van der Waals surface area contributed by atoms with E-state index in [0.29, 0.717) is 12.0 Å². The molecule has 7 N–H and O–H groups in total. The summed E-state index contributed by atoms with van der Waals surface area (Å²) in [6.07, 6.45) is -8.90. The number of aliphatic hydroxyl groups is 4. The Morgan fingerprint density at radius 2 is 1.32 bits per heavy atom. The van der Waals surface area contributed by atoms with E-state index >= 15 is 0 Å². The molecule has 0 radical (unpaired) electrons. The van der Waals surface area contributed by atoms with Gasteiger partial charge in [-0.05, 0) is 65.0 Å². The van der Waals surface area contributed by atoms with Crippen molar-refractivity contribution in [2.24, 2.45) is 0 Å². The van der Waals surface area contributed by atoms with Crippen molar-refractivity contribution < 1.29 is 73.8 Å². The monoisotopic (exact) mass is 787 g/mol. The first-order chi connectivity index (χ1) is 26.4. The maximum Gasteiger partial charge on any atom is 0.202 e. The summed E-state index contributed by atoms with van der Waals surface area (Å²) < 4.78 is 37.4. The van der Waals surface area contributed by atoms with Gasteiger partial charge in [-0.15, -0.1) is 0 Å². The number of nitrogens with zero attached hydrogens (tertiary/aromatic N) is 1. The third kappa shape index (κ3) is 7.34. The average Bonchev–Trinajstić information content (AvgIpc) is 3.12. The van der Waals surface area contributed by atoms with Crippen molar-refractivity contribution in [2.45, 2.75) is 152 Å². The minimum Gasteiger partial charge on any atom is -0.507 e. The Morgan fingerprint density at radius 3 is 1.91 bits per heavy atom. The lowest BCUT2D eigenvalue weighted by molar-refractivity contribution is -0.332. The van der Waals surface area contributed by atoms with Gasteiger partial charge in [0.2, 0.25) is 5.78 Å². The van der Waals surface area contributed by atoms with Crippen molar-refractivity contribution in [3.8, 4) is 17.2 Å². The second-order valence-electron chi connectivity index (χ2n) is 16.2. The summed E-state index contributed by atoms with van der Waals surface area (Å²) >= 11 is 0. The molecule has 2 aromatic rings. The van der Waals surface area contributed by atoms with Crippen LogP contribution in [0.25, 0.3) is 0 Å². The first-order valence-corrected chi connectivity index (χ1v) is 19.3. The molecule has 14 atom stereocenters. The van der Waals surface area contributed by atoms with E-state index in [2.05, 4.69) is 0 Å². The number of fused-ring (bicyclic) bond motifs is 3. The Balaban J connectivity index is 1.08. The van der Waals surface area contributed by atoms with E-state index in [1.54, 1.807) is 13.8 Å². The van der Waals surface area contributed by atoms with Crippen LogP contribution in [0.3, 0.4) is 0 Å². The zero-order valence-corrected chi connectivity index (χ0v) is 32.3. The summed E-state index contributed by atoms with van der Waals surface area (Å²) in [5.41, 5.74) is -1.87. The SMILES string of the molecule is CC[C@]1(O)Cc2cc3c(c(O)c2[C@@H](O[C@H]2C[C@H](N(C)C)[C@H](O[C@H]4C[C@H](O)[C@H](O[C@H]5C[C@H](O)[C@H](O)[C@H](C)O5)[C@H](C)O4)[C@H](C)O2)C1)C(=O)c1c(O)ccc(O)c1C3=O. The Kier molecular flexibility index (Phi) is 11.3. The number of carbonyl (C=O) groups excluding carboxylic acids is 2. The molecule has 56 heavy (non-hydrogen) atoms. The van der Waals surface area contributed by atoms with Gasteiger partial charge < -0.3 is 69.1 Å². The lowest BCUT2D eigenvalue weighted by Crippen LogP contribution is -2.58. The van der Waals surface area contributed by atoms with Crippen molar-refractivity contribution in [1.29, 1.82) is 0 Å². The summed E-state index contributed by atoms with van der Waals surface area (Å²) in [4.78, 5) is 29.4. The van der Waals surface area contributed by atoms with Gasteiger partial charge in [0.25, 0.3) is 0 Å². The maximum atomic E-state index is 13.8. The Labute approximate surface area is 324 Å². The van der Waals surface area contributed by atoms with Crippen LogP contribution in [0.4, 0.5) is 0 Å². The van der Waals surface area contributed by atoms with E-state index in [9.17, 15) is 45.3 Å². The molecule has 0 aromatic heterocycles. The van der Waals surface area contributed by atoms with Crippen molar-refractivity contribution in [2.75, 3.05) is 14.1 Å². The van der Waals surface area contributed by atoms with Gasteiger partial charge in [-0.1, -0.05) is 6.92 Å². The third-order valence-corrected chi connectivity index (χ3v) is 12.1. The number of carbonyl (C=O) groups is 2. The molecule has 0 spiro atoms. The Bertz CT molecular complexity index is 1810. The number of rotatable bonds is 8. The molecule has 2 aliphatic carbocycles. The summed E-state index contributed by atoms with van der Waals surface area (Å²) in [7, 11) is 3.76. The van der Waals surface area contributed by atoms with Gasteiger partial charge in [-0.3, -0.25) is 9.59 Å². The third-order valence-electron chi connectivity index (χ3n) is 12.1. The topological polar surface area (TPSA) is 234 Å². The van der Waals surface area contributed by atoms with Crippen LogP contribution < -0.4 is 0 Å². The fourth-order valence-electron chi connectivity index (χ4n) is 8.97. The molecule has 2 aromatic carbocycles. The highest BCUT2D eigenvalue weighted by molar-refractivity contribution is 6.31. The summed E-state index contributed by atoms with van der Waals surface area (Å²) in [5, 5.41) is 75.8. The van der Waals surface area contributed by atoms with E-state index in [4.69, 9.17) is 28.4 Å². The summed E-state index contributed by atoms with van der Waals surface area (Å²) in [6, 6.07) is 3.39. The molecule has 3 heterocycles. The molecule has 0 saturated carbocycles. The number of phenolic OH excluding ortho intramolecular Hbond substituents is 3. The number of aromatic hydroxyl groups is 3. The zero-order valence-electron chi connectivity index (χ0n) is 32.3. The van der Waals surface area contributed by atoms with Crippen LogP contribution >= 0.6 is 0 Å². The second kappa shape index (κ2) is 15.5. The predicted octanol–water partition coefficient (Wildman–Crippen LogP) is 1.91. The highest BCUT2D eigenvalue weighted by Crippen LogP contribution is 2.50. The van der Waals surface area contributed by atoms with E-state index in [1.807, 2.05) is 32.8 Å². The van der Waals surface area contributed by atoms with Crippen LogP contribution in [0.2, 0.25) is 0 Å². The van der Waals surface area contributed by atoms with Gasteiger partial charge >= 0.3 is 0 Å². The molecule has 16 heteroatoms. The fourth-order valence-corrected chi connectivity index (χ4v) is 8.97. The van der Waals surface area contributed by atoms with Gasteiger partial charge in [-0.2, -0.15) is 0 Å². The van der Waals surface area contributed by atoms with Crippen molar-refractivity contribution in [3.63, 3.8) is 0 Å². The van der Waals surface area contributed by atoms with Gasteiger partial charge in [0, 0.05) is 49.3 Å². The number of hydrogen-bond donors (Lipinski definition) is 7. The molecule has 16 nitrogen and oxygen atoms in total. The molecule has 0 amide bonds. The van der Waals surface area contributed by atoms with Gasteiger partial charge in [0.15, 0.2) is 24.7 Å². The van der Waals surface area contributed by atoms with Crippen LogP contribution in [0, 0.1) is 0 Å². The van der Waals surface area contributed by atoms with Crippen LogP contribution in [-0.2, 0) is 34.8 Å². The van der Waals surface area contributed by atoms with Crippen molar-refractivity contribution in [1.82, 2.24) is 4.90 Å². The molecule has 308 valence electrons. The van der Waals surface area contributed by atoms with E-state index in [1.165, 1.54) is 6.07 Å². The molecule has 0 unspecified atom stereocenters. The Morgan fingerprint density at radius 1 is 0.768 bits per heavy atom. The molecule has 3 aliphatic heterocycles. The highest BCUT2D eigenvalue weighted by Gasteiger charge is 2.48. The Hall–Kier alpha value is -3.26. The molecule has 7 rings (SSSR count). The smallest absolute Gasteiger partial charge is 0.202 e. The molecule has 5 aliphatic rings. The fraction of sp³-hybridized carbons (Fsp3) is 0.650. The number of aliphatic hydroxyl groups excluding tert-OH is 3. The quantitative estimate of drug-likeness (QED) is 0.162. The van der Waals surface area contributed by atoms with Crippen LogP contribution in [0.5, 0.6) is 17.2 Å². The highest BCUT2D eigenvalue weighted by atomic mass is 16.7. The molecule has 0 bridgehead atoms. The number of benzene rings is 2. The summed E-state index contributed by atoms with van der Waals surface area (Å²) in [6.45, 7) is 7.01. The van der Waals surface area contributed by atoms with Gasteiger partial charge in [-0.25, -0.2) is 0 Å². The predicted molar refractivity (Wildman–Crippen MR) is 194 cm³/mol. The van der Waals surface area contributed by atoms with Crippen molar-refractivity contribution >= 4 is 11.6 Å². The zero-order chi connectivity index (χ0) is 40.5. The molecular weight excluding hydrogens is 734 g/mol. The number of likely N-dealkylation sites (N-methyl/N-ethyl adjacent to an activating group) is 1. The van der Waals surface area contributed by atoms with Gasteiger partial charge in [0.1, 0.15) is 35.6 Å².